The van der Waals surface area contributed by atoms with Crippen molar-refractivity contribution < 1.29 is 18.7 Å². The molecule has 0 N–H and O–H groups in total. The zero-order valence-corrected chi connectivity index (χ0v) is 11.2. The third-order valence-electron chi connectivity index (χ3n) is 2.45. The smallest absolute Gasteiger partial charge is 0.374 e. The molecule has 100 valence electrons. The number of ether oxygens (including phenoxy) is 1. The van der Waals surface area contributed by atoms with E-state index in [1.165, 1.54) is 12.3 Å². The van der Waals surface area contributed by atoms with Gasteiger partial charge in [-0.25, -0.2) is 4.79 Å². The maximum absolute atomic E-state index is 11.9. The number of amides is 1. The van der Waals surface area contributed by atoms with E-state index < -0.39 is 5.97 Å². The van der Waals surface area contributed by atoms with Crippen molar-refractivity contribution >= 4 is 11.9 Å². The van der Waals surface area contributed by atoms with E-state index in [1.54, 1.807) is 11.0 Å². The van der Waals surface area contributed by atoms with Crippen molar-refractivity contribution in [1.82, 2.24) is 4.90 Å². The van der Waals surface area contributed by atoms with E-state index in [4.69, 9.17) is 9.15 Å². The molecule has 0 aliphatic heterocycles. The van der Waals surface area contributed by atoms with Crippen LogP contribution in [0.1, 0.15) is 38.2 Å². The van der Waals surface area contributed by atoms with Crippen molar-refractivity contribution in [2.24, 2.45) is 0 Å². The van der Waals surface area contributed by atoms with Crippen LogP contribution < -0.4 is 0 Å². The number of furan rings is 1. The summed E-state index contributed by atoms with van der Waals surface area (Å²) in [5.41, 5.74) is 0. The van der Waals surface area contributed by atoms with E-state index in [-0.39, 0.29) is 30.4 Å². The number of hydrogen-bond acceptors (Lipinski definition) is 4. The lowest BCUT2D eigenvalue weighted by Crippen LogP contribution is -2.44. The van der Waals surface area contributed by atoms with E-state index in [0.717, 1.165) is 0 Å². The van der Waals surface area contributed by atoms with Gasteiger partial charge in [-0.15, -0.1) is 0 Å². The van der Waals surface area contributed by atoms with Crippen LogP contribution in [0.4, 0.5) is 0 Å². The molecule has 18 heavy (non-hydrogen) atoms. The van der Waals surface area contributed by atoms with Crippen molar-refractivity contribution in [3.63, 3.8) is 0 Å². The molecule has 0 saturated heterocycles. The van der Waals surface area contributed by atoms with Gasteiger partial charge in [0.05, 0.1) is 6.26 Å². The minimum atomic E-state index is -0.624. The largest absolute Gasteiger partial charge is 0.457 e. The first kappa shape index (κ1) is 14.3. The van der Waals surface area contributed by atoms with Gasteiger partial charge in [-0.05, 0) is 39.8 Å². The number of carbonyl (C=O) groups excluding carboxylic acids is 2. The standard InChI is InChI=1S/C13H19NO4/c1-9(2)14(10(3)4)12(15)8-18-13(16)11-6-5-7-17-11/h5-7,9-10H,8H2,1-4H3. The lowest BCUT2D eigenvalue weighted by Gasteiger charge is -2.30. The van der Waals surface area contributed by atoms with Crippen LogP contribution in [-0.2, 0) is 9.53 Å². The Kier molecular flexibility index (Phi) is 4.95. The molecule has 5 heteroatoms. The van der Waals surface area contributed by atoms with Crippen molar-refractivity contribution in [3.8, 4) is 0 Å². The van der Waals surface area contributed by atoms with E-state index in [0.29, 0.717) is 0 Å². The predicted molar refractivity (Wildman–Crippen MR) is 66.1 cm³/mol. The molecule has 1 amide bonds. The van der Waals surface area contributed by atoms with Crippen LogP contribution >= 0.6 is 0 Å². The summed E-state index contributed by atoms with van der Waals surface area (Å²) in [6.07, 6.45) is 1.38. The summed E-state index contributed by atoms with van der Waals surface area (Å²) in [6.45, 7) is 7.42. The molecular formula is C13H19NO4. The summed E-state index contributed by atoms with van der Waals surface area (Å²) in [5.74, 6) is -0.732. The van der Waals surface area contributed by atoms with E-state index >= 15 is 0 Å². The van der Waals surface area contributed by atoms with Crippen LogP contribution in [0.3, 0.4) is 0 Å². The fourth-order valence-corrected chi connectivity index (χ4v) is 1.84. The molecule has 0 atom stereocenters. The maximum Gasteiger partial charge on any atom is 0.374 e. The molecule has 0 saturated carbocycles. The average molecular weight is 253 g/mol. The summed E-state index contributed by atoms with van der Waals surface area (Å²) in [4.78, 5) is 25.1. The van der Waals surface area contributed by atoms with Gasteiger partial charge >= 0.3 is 5.97 Å². The molecule has 0 fully saturated rings. The van der Waals surface area contributed by atoms with Gasteiger partial charge in [0.25, 0.3) is 5.91 Å². The van der Waals surface area contributed by atoms with Gasteiger partial charge in [0.15, 0.2) is 6.61 Å². The van der Waals surface area contributed by atoms with E-state index in [1.807, 2.05) is 27.7 Å². The van der Waals surface area contributed by atoms with Crippen molar-refractivity contribution in [3.05, 3.63) is 24.2 Å². The van der Waals surface area contributed by atoms with E-state index in [2.05, 4.69) is 0 Å². The quantitative estimate of drug-likeness (QED) is 0.754. The van der Waals surface area contributed by atoms with Gasteiger partial charge in [0.2, 0.25) is 5.76 Å². The first-order valence-corrected chi connectivity index (χ1v) is 5.95. The lowest BCUT2D eigenvalue weighted by atomic mass is 10.2. The average Bonchev–Trinajstić information content (AvgIpc) is 2.78. The van der Waals surface area contributed by atoms with E-state index in [9.17, 15) is 9.59 Å². The number of hydrogen-bond donors (Lipinski definition) is 0. The summed E-state index contributed by atoms with van der Waals surface area (Å²) in [5, 5.41) is 0. The fraction of sp³-hybridized carbons (Fsp3) is 0.538. The molecule has 0 unspecified atom stereocenters. The third-order valence-corrected chi connectivity index (χ3v) is 2.45. The molecule has 1 rings (SSSR count). The minimum Gasteiger partial charge on any atom is -0.457 e. The lowest BCUT2D eigenvalue weighted by molar-refractivity contribution is -0.138. The van der Waals surface area contributed by atoms with Gasteiger partial charge in [0, 0.05) is 12.1 Å². The molecule has 0 aliphatic rings. The second-order valence-corrected chi connectivity index (χ2v) is 4.54. The van der Waals surface area contributed by atoms with Crippen LogP contribution in [0.15, 0.2) is 22.8 Å². The first-order chi connectivity index (χ1) is 8.43. The summed E-state index contributed by atoms with van der Waals surface area (Å²) in [7, 11) is 0. The highest BCUT2D eigenvalue weighted by atomic mass is 16.5. The Morgan fingerprint density at radius 3 is 2.33 bits per heavy atom. The Morgan fingerprint density at radius 2 is 1.89 bits per heavy atom. The second kappa shape index (κ2) is 6.23. The third kappa shape index (κ3) is 3.61. The van der Waals surface area contributed by atoms with Crippen LogP contribution in [0.2, 0.25) is 0 Å². The van der Waals surface area contributed by atoms with Gasteiger partial charge < -0.3 is 14.1 Å². The number of carbonyl (C=O) groups is 2. The van der Waals surface area contributed by atoms with Gasteiger partial charge in [0.1, 0.15) is 0 Å². The molecular weight excluding hydrogens is 234 g/mol. The Hall–Kier alpha value is -1.78. The first-order valence-electron chi connectivity index (χ1n) is 5.95. The zero-order valence-electron chi connectivity index (χ0n) is 11.2. The molecule has 0 aliphatic carbocycles. The summed E-state index contributed by atoms with van der Waals surface area (Å²) in [6, 6.07) is 3.22. The maximum atomic E-state index is 11.9. The SMILES string of the molecule is CC(C)N(C(=O)COC(=O)c1ccco1)C(C)C. The highest BCUT2D eigenvalue weighted by molar-refractivity contribution is 5.88. The Labute approximate surface area is 107 Å². The molecule has 0 spiro atoms. The zero-order chi connectivity index (χ0) is 13.7. The fourth-order valence-electron chi connectivity index (χ4n) is 1.84. The molecule has 0 bridgehead atoms. The van der Waals surface area contributed by atoms with Crippen LogP contribution in [-0.4, -0.2) is 35.5 Å². The van der Waals surface area contributed by atoms with Gasteiger partial charge in [-0.2, -0.15) is 0 Å². The summed E-state index contributed by atoms with van der Waals surface area (Å²) >= 11 is 0. The number of esters is 1. The Bertz CT molecular complexity index is 387. The van der Waals surface area contributed by atoms with Crippen LogP contribution in [0.25, 0.3) is 0 Å². The van der Waals surface area contributed by atoms with Crippen molar-refractivity contribution in [2.45, 2.75) is 39.8 Å². The highest BCUT2D eigenvalue weighted by Crippen LogP contribution is 2.07. The Morgan fingerprint density at radius 1 is 1.28 bits per heavy atom. The molecule has 0 radical (unpaired) electrons. The minimum absolute atomic E-state index is 0.0693. The molecule has 1 aromatic heterocycles. The second-order valence-electron chi connectivity index (χ2n) is 4.54. The monoisotopic (exact) mass is 253 g/mol. The van der Waals surface area contributed by atoms with Gasteiger partial charge in [-0.3, -0.25) is 4.79 Å². The number of nitrogens with zero attached hydrogens (tertiary/aromatic N) is 1. The summed E-state index contributed by atoms with van der Waals surface area (Å²) < 4.78 is 9.79. The predicted octanol–water partition coefficient (Wildman–Crippen LogP) is 2.08. The van der Waals surface area contributed by atoms with Crippen molar-refractivity contribution in [2.75, 3.05) is 6.61 Å². The van der Waals surface area contributed by atoms with Crippen LogP contribution in [0, 0.1) is 0 Å². The molecule has 1 aromatic rings. The van der Waals surface area contributed by atoms with Gasteiger partial charge in [-0.1, -0.05) is 0 Å². The highest BCUT2D eigenvalue weighted by Gasteiger charge is 2.22. The molecule has 0 aromatic carbocycles. The van der Waals surface area contributed by atoms with Crippen molar-refractivity contribution in [1.29, 1.82) is 0 Å². The molecule has 1 heterocycles. The topological polar surface area (TPSA) is 59.8 Å². The normalized spacial score (nSPS) is 10.8. The Balaban J connectivity index is 2.52. The number of rotatable bonds is 5. The molecule has 5 nitrogen and oxygen atoms in total. The van der Waals surface area contributed by atoms with Crippen LogP contribution in [0.5, 0.6) is 0 Å².